The summed E-state index contributed by atoms with van der Waals surface area (Å²) < 4.78 is 16.8. The Labute approximate surface area is 481 Å². The van der Waals surface area contributed by atoms with Gasteiger partial charge in [0.1, 0.15) is 13.2 Å². The Morgan fingerprint density at radius 3 is 0.808 bits per heavy atom. The first-order valence-electron chi connectivity index (χ1n) is 32.2. The first-order valence-corrected chi connectivity index (χ1v) is 32.2. The molecule has 0 bridgehead atoms. The molecule has 0 rings (SSSR count). The molecule has 442 valence electrons. The Balaban J connectivity index is 4.10. The van der Waals surface area contributed by atoms with Crippen LogP contribution in [0.5, 0.6) is 0 Å². The molecule has 0 aromatic carbocycles. The van der Waals surface area contributed by atoms with E-state index in [0.29, 0.717) is 19.3 Å². The number of rotatable bonds is 57. The van der Waals surface area contributed by atoms with Crippen LogP contribution < -0.4 is 0 Å². The standard InChI is InChI=1S/C72H118O6/c1-4-7-10-13-16-18-20-22-24-26-28-29-30-31-32-33-34-35-36-37-38-39-40-41-42-43-45-46-48-50-52-54-56-59-62-65-71(74)77-68-69(67-76-70(73)64-61-58-15-12-9-6-3)78-72(75)66-63-60-57-55-53-51-49-47-44-27-25-23-21-19-17-14-11-8-5-2/h7,10,16-19,22-25,28-29,31-32,34-35,37-38,40-41,44,47,69H,4-6,8-9,11-15,20-21,26-27,30,33,36,39,42-43,45-46,48-68H2,1-3H3/b10-7-,18-16-,19-17-,24-22-,25-23-,29-28-,32-31-,35-34-,38-37-,41-40-,47-44-. The lowest BCUT2D eigenvalue weighted by molar-refractivity contribution is -0.167. The van der Waals surface area contributed by atoms with Crippen molar-refractivity contribution in [3.05, 3.63) is 134 Å². The van der Waals surface area contributed by atoms with Gasteiger partial charge in [0, 0.05) is 19.3 Å². The van der Waals surface area contributed by atoms with Crippen molar-refractivity contribution in [1.29, 1.82) is 0 Å². The van der Waals surface area contributed by atoms with Gasteiger partial charge in [-0.2, -0.15) is 0 Å². The molecule has 0 N–H and O–H groups in total. The van der Waals surface area contributed by atoms with Gasteiger partial charge in [0.2, 0.25) is 0 Å². The smallest absolute Gasteiger partial charge is 0.306 e. The Kier molecular flexibility index (Phi) is 61.4. The van der Waals surface area contributed by atoms with Crippen LogP contribution in [0.2, 0.25) is 0 Å². The lowest BCUT2D eigenvalue weighted by atomic mass is 10.1. The normalized spacial score (nSPS) is 13.0. The van der Waals surface area contributed by atoms with Crippen molar-refractivity contribution in [1.82, 2.24) is 0 Å². The number of allylic oxidation sites excluding steroid dienone is 22. The Bertz CT molecular complexity index is 1670. The van der Waals surface area contributed by atoms with Crippen LogP contribution in [0.4, 0.5) is 0 Å². The van der Waals surface area contributed by atoms with Gasteiger partial charge in [-0.3, -0.25) is 14.4 Å². The molecule has 0 saturated heterocycles. The maximum atomic E-state index is 12.8. The third-order valence-corrected chi connectivity index (χ3v) is 13.4. The van der Waals surface area contributed by atoms with Crippen LogP contribution in [0.1, 0.15) is 284 Å². The first kappa shape index (κ1) is 73.5. The largest absolute Gasteiger partial charge is 0.462 e. The zero-order valence-corrected chi connectivity index (χ0v) is 50.6. The van der Waals surface area contributed by atoms with Gasteiger partial charge < -0.3 is 14.2 Å². The Hall–Kier alpha value is -4.45. The summed E-state index contributed by atoms with van der Waals surface area (Å²) in [5.74, 6) is -0.912. The van der Waals surface area contributed by atoms with Gasteiger partial charge in [-0.25, -0.2) is 0 Å². The second-order valence-corrected chi connectivity index (χ2v) is 20.9. The number of ether oxygens (including phenoxy) is 3. The van der Waals surface area contributed by atoms with E-state index in [1.165, 1.54) is 109 Å². The molecule has 0 aliphatic carbocycles. The van der Waals surface area contributed by atoms with E-state index in [1.54, 1.807) is 0 Å². The highest BCUT2D eigenvalue weighted by Crippen LogP contribution is 2.15. The van der Waals surface area contributed by atoms with Crippen molar-refractivity contribution in [3.63, 3.8) is 0 Å². The van der Waals surface area contributed by atoms with E-state index >= 15 is 0 Å². The molecule has 0 amide bonds. The van der Waals surface area contributed by atoms with Crippen molar-refractivity contribution < 1.29 is 28.6 Å². The molecule has 0 aromatic rings. The summed E-state index contributed by atoms with van der Waals surface area (Å²) in [4.78, 5) is 38.0. The molecule has 0 saturated carbocycles. The molecule has 6 nitrogen and oxygen atoms in total. The molecule has 0 aromatic heterocycles. The minimum atomic E-state index is -0.787. The van der Waals surface area contributed by atoms with Crippen LogP contribution in [0.25, 0.3) is 0 Å². The number of hydrogen-bond acceptors (Lipinski definition) is 6. The molecule has 0 heterocycles. The van der Waals surface area contributed by atoms with E-state index in [4.69, 9.17) is 14.2 Å². The summed E-state index contributed by atoms with van der Waals surface area (Å²) in [5, 5.41) is 0. The third kappa shape index (κ3) is 62.4. The summed E-state index contributed by atoms with van der Waals surface area (Å²) in [5.41, 5.74) is 0. The van der Waals surface area contributed by atoms with Crippen LogP contribution in [0.3, 0.4) is 0 Å². The molecule has 0 aliphatic rings. The fourth-order valence-corrected chi connectivity index (χ4v) is 8.58. The second-order valence-electron chi connectivity index (χ2n) is 20.9. The topological polar surface area (TPSA) is 78.9 Å². The molecular formula is C72H118O6. The molecule has 1 unspecified atom stereocenters. The van der Waals surface area contributed by atoms with Crippen LogP contribution in [-0.4, -0.2) is 37.2 Å². The third-order valence-electron chi connectivity index (χ3n) is 13.4. The van der Waals surface area contributed by atoms with E-state index in [1.807, 2.05) is 0 Å². The van der Waals surface area contributed by atoms with Crippen LogP contribution in [0, 0.1) is 0 Å². The molecule has 0 aliphatic heterocycles. The molecule has 78 heavy (non-hydrogen) atoms. The lowest BCUT2D eigenvalue weighted by Gasteiger charge is -2.18. The molecule has 0 radical (unpaired) electrons. The summed E-state index contributed by atoms with van der Waals surface area (Å²) in [7, 11) is 0. The van der Waals surface area contributed by atoms with E-state index in [0.717, 1.165) is 135 Å². The van der Waals surface area contributed by atoms with Crippen LogP contribution in [-0.2, 0) is 28.6 Å². The summed E-state index contributed by atoms with van der Waals surface area (Å²) in [6.45, 7) is 6.43. The molecular weight excluding hydrogens is 961 g/mol. The maximum absolute atomic E-state index is 12.8. The van der Waals surface area contributed by atoms with Crippen LogP contribution in [0.15, 0.2) is 134 Å². The van der Waals surface area contributed by atoms with Crippen molar-refractivity contribution >= 4 is 17.9 Å². The van der Waals surface area contributed by atoms with Gasteiger partial charge in [0.25, 0.3) is 0 Å². The average Bonchev–Trinajstić information content (AvgIpc) is 3.44. The van der Waals surface area contributed by atoms with Gasteiger partial charge >= 0.3 is 17.9 Å². The van der Waals surface area contributed by atoms with Gasteiger partial charge in [-0.05, 0) is 122 Å². The number of hydrogen-bond donors (Lipinski definition) is 0. The highest BCUT2D eigenvalue weighted by molar-refractivity contribution is 5.71. The monoisotopic (exact) mass is 1080 g/mol. The number of esters is 3. The summed E-state index contributed by atoms with van der Waals surface area (Å²) >= 11 is 0. The zero-order valence-electron chi connectivity index (χ0n) is 50.6. The molecule has 6 heteroatoms. The van der Waals surface area contributed by atoms with Crippen molar-refractivity contribution in [2.45, 2.75) is 290 Å². The first-order chi connectivity index (χ1) is 38.5. The van der Waals surface area contributed by atoms with E-state index < -0.39 is 6.10 Å². The fourth-order valence-electron chi connectivity index (χ4n) is 8.58. The Morgan fingerprint density at radius 1 is 0.269 bits per heavy atom. The second kappa shape index (κ2) is 65.1. The molecule has 0 fully saturated rings. The Morgan fingerprint density at radius 2 is 0.500 bits per heavy atom. The highest BCUT2D eigenvalue weighted by Gasteiger charge is 2.19. The predicted molar refractivity (Wildman–Crippen MR) is 339 cm³/mol. The quantitative estimate of drug-likeness (QED) is 0.0261. The fraction of sp³-hybridized carbons (Fsp3) is 0.653. The predicted octanol–water partition coefficient (Wildman–Crippen LogP) is 22.2. The van der Waals surface area contributed by atoms with Crippen molar-refractivity contribution in [2.75, 3.05) is 13.2 Å². The van der Waals surface area contributed by atoms with Gasteiger partial charge in [-0.1, -0.05) is 276 Å². The minimum absolute atomic E-state index is 0.0862. The average molecular weight is 1080 g/mol. The molecule has 0 spiro atoms. The number of carbonyl (C=O) groups excluding carboxylic acids is 3. The summed E-state index contributed by atoms with van der Waals surface area (Å²) in [6, 6.07) is 0. The van der Waals surface area contributed by atoms with Crippen LogP contribution >= 0.6 is 0 Å². The lowest BCUT2D eigenvalue weighted by Crippen LogP contribution is -2.30. The maximum Gasteiger partial charge on any atom is 0.306 e. The molecule has 1 atom stereocenters. The van der Waals surface area contributed by atoms with E-state index in [2.05, 4.69) is 154 Å². The number of carbonyl (C=O) groups is 3. The van der Waals surface area contributed by atoms with Gasteiger partial charge in [0.05, 0.1) is 0 Å². The van der Waals surface area contributed by atoms with E-state index in [9.17, 15) is 14.4 Å². The van der Waals surface area contributed by atoms with Crippen molar-refractivity contribution in [2.24, 2.45) is 0 Å². The van der Waals surface area contributed by atoms with Gasteiger partial charge in [-0.15, -0.1) is 0 Å². The van der Waals surface area contributed by atoms with E-state index in [-0.39, 0.29) is 31.1 Å². The number of unbranched alkanes of at least 4 members (excludes halogenated alkanes) is 24. The van der Waals surface area contributed by atoms with Crippen molar-refractivity contribution in [3.8, 4) is 0 Å². The highest BCUT2D eigenvalue weighted by atomic mass is 16.6. The van der Waals surface area contributed by atoms with Gasteiger partial charge in [0.15, 0.2) is 6.10 Å². The minimum Gasteiger partial charge on any atom is -0.462 e. The zero-order chi connectivity index (χ0) is 56.4. The SMILES string of the molecule is CC/C=C\C/C=C\C/C=C\C/C=C\C/C=C\C/C=C\C/C=C\C/C=C\CCCCCCCCCCCCC(=O)OCC(COC(=O)CCCCCCCC)OC(=O)CCCCCCCC/C=C\C/C=C\C/C=C\CCCCC. The summed E-state index contributed by atoms with van der Waals surface area (Å²) in [6.07, 6.45) is 92.1.